The molecule has 1 aromatic rings. The molecular weight excluding hydrogens is 212 g/mol. The lowest BCUT2D eigenvalue weighted by atomic mass is 10.1. The van der Waals surface area contributed by atoms with Crippen LogP contribution in [0.1, 0.15) is 36.7 Å². The Morgan fingerprint density at radius 2 is 2.12 bits per heavy atom. The van der Waals surface area contributed by atoms with Crippen molar-refractivity contribution in [2.24, 2.45) is 5.73 Å². The van der Waals surface area contributed by atoms with Gasteiger partial charge in [-0.25, -0.2) is 0 Å². The topological polar surface area (TPSA) is 46.3 Å². The predicted molar refractivity (Wildman–Crippen MR) is 71.0 cm³/mol. The normalized spacial score (nSPS) is 10.6. The van der Waals surface area contributed by atoms with Gasteiger partial charge in [-0.2, -0.15) is 0 Å². The lowest BCUT2D eigenvalue weighted by molar-refractivity contribution is 0.0717. The Morgan fingerprint density at radius 1 is 1.41 bits per heavy atom. The van der Waals surface area contributed by atoms with Crippen LogP contribution in [0.3, 0.4) is 0 Å². The summed E-state index contributed by atoms with van der Waals surface area (Å²) in [6, 6.07) is 7.97. The van der Waals surface area contributed by atoms with Crippen LogP contribution in [0.15, 0.2) is 24.3 Å². The van der Waals surface area contributed by atoms with Crippen molar-refractivity contribution >= 4 is 5.91 Å². The molecule has 0 aliphatic rings. The zero-order chi connectivity index (χ0) is 12.8. The lowest BCUT2D eigenvalue weighted by Gasteiger charge is -2.25. The van der Waals surface area contributed by atoms with Gasteiger partial charge in [0, 0.05) is 18.2 Å². The minimum atomic E-state index is 0.0985. The number of nitrogens with two attached hydrogens (primary N) is 1. The van der Waals surface area contributed by atoms with E-state index in [4.69, 9.17) is 5.73 Å². The molecular formula is C14H22N2O. The van der Waals surface area contributed by atoms with Crippen molar-refractivity contribution in [1.29, 1.82) is 0 Å². The summed E-state index contributed by atoms with van der Waals surface area (Å²) in [4.78, 5) is 14.1. The summed E-state index contributed by atoms with van der Waals surface area (Å²) in [6.07, 6.45) is 0.814. The summed E-state index contributed by atoms with van der Waals surface area (Å²) in [5.74, 6) is 0.0985. The van der Waals surface area contributed by atoms with Crippen molar-refractivity contribution in [3.8, 4) is 0 Å². The van der Waals surface area contributed by atoms with Crippen LogP contribution in [0.4, 0.5) is 0 Å². The van der Waals surface area contributed by atoms with E-state index in [1.54, 1.807) is 0 Å². The number of hydrogen-bond acceptors (Lipinski definition) is 2. The number of rotatable bonds is 5. The first kappa shape index (κ1) is 13.7. The second kappa shape index (κ2) is 6.40. The second-order valence-electron chi connectivity index (χ2n) is 4.42. The van der Waals surface area contributed by atoms with Crippen molar-refractivity contribution in [2.75, 3.05) is 13.1 Å². The molecule has 0 aliphatic heterocycles. The molecule has 94 valence electrons. The average Bonchev–Trinajstić information content (AvgIpc) is 2.30. The fourth-order valence-corrected chi connectivity index (χ4v) is 1.94. The van der Waals surface area contributed by atoms with Crippen LogP contribution in [0.2, 0.25) is 0 Å². The molecule has 0 aliphatic carbocycles. The van der Waals surface area contributed by atoms with Gasteiger partial charge in [-0.3, -0.25) is 4.79 Å². The Labute approximate surface area is 104 Å². The number of amides is 1. The van der Waals surface area contributed by atoms with Gasteiger partial charge >= 0.3 is 0 Å². The van der Waals surface area contributed by atoms with Crippen LogP contribution in [-0.4, -0.2) is 29.9 Å². The molecule has 0 aromatic heterocycles. The first-order valence-electron chi connectivity index (χ1n) is 6.20. The smallest absolute Gasteiger partial charge is 0.254 e. The highest BCUT2D eigenvalue weighted by molar-refractivity contribution is 5.94. The summed E-state index contributed by atoms with van der Waals surface area (Å²) < 4.78 is 0. The summed E-state index contributed by atoms with van der Waals surface area (Å²) in [7, 11) is 0. The Balaban J connectivity index is 2.91. The minimum absolute atomic E-state index is 0.0985. The van der Waals surface area contributed by atoms with Gasteiger partial charge in [0.25, 0.3) is 5.91 Å². The van der Waals surface area contributed by atoms with Crippen molar-refractivity contribution in [2.45, 2.75) is 33.2 Å². The summed E-state index contributed by atoms with van der Waals surface area (Å²) in [5.41, 5.74) is 7.40. The second-order valence-corrected chi connectivity index (χ2v) is 4.42. The molecule has 3 nitrogen and oxygen atoms in total. The molecule has 0 spiro atoms. The quantitative estimate of drug-likeness (QED) is 0.847. The fraction of sp³-hybridized carbons (Fsp3) is 0.500. The molecule has 0 saturated heterocycles. The molecule has 1 rings (SSSR count). The van der Waals surface area contributed by atoms with E-state index in [9.17, 15) is 4.79 Å². The van der Waals surface area contributed by atoms with E-state index in [0.717, 1.165) is 24.1 Å². The molecule has 17 heavy (non-hydrogen) atoms. The van der Waals surface area contributed by atoms with Gasteiger partial charge in [-0.1, -0.05) is 12.1 Å². The van der Waals surface area contributed by atoms with E-state index < -0.39 is 0 Å². The van der Waals surface area contributed by atoms with Crippen LogP contribution in [0, 0.1) is 0 Å². The SMILES string of the molecule is CCN(C(=O)c1cccc(CCN)c1)C(C)C. The van der Waals surface area contributed by atoms with Crippen LogP contribution in [-0.2, 0) is 6.42 Å². The first-order valence-corrected chi connectivity index (χ1v) is 6.20. The molecule has 1 aromatic carbocycles. The molecule has 0 radical (unpaired) electrons. The van der Waals surface area contributed by atoms with Gasteiger partial charge in [0.15, 0.2) is 0 Å². The van der Waals surface area contributed by atoms with Crippen LogP contribution in [0.25, 0.3) is 0 Å². The minimum Gasteiger partial charge on any atom is -0.337 e. The summed E-state index contributed by atoms with van der Waals surface area (Å²) in [5, 5.41) is 0. The Hall–Kier alpha value is -1.35. The van der Waals surface area contributed by atoms with Crippen molar-refractivity contribution in [3.63, 3.8) is 0 Å². The average molecular weight is 234 g/mol. The van der Waals surface area contributed by atoms with Crippen LogP contribution >= 0.6 is 0 Å². The van der Waals surface area contributed by atoms with Crippen molar-refractivity contribution < 1.29 is 4.79 Å². The molecule has 3 heteroatoms. The molecule has 0 atom stereocenters. The third-order valence-corrected chi connectivity index (χ3v) is 2.83. The zero-order valence-corrected chi connectivity index (χ0v) is 10.9. The molecule has 0 bridgehead atoms. The van der Waals surface area contributed by atoms with Gasteiger partial charge < -0.3 is 10.6 Å². The fourth-order valence-electron chi connectivity index (χ4n) is 1.94. The van der Waals surface area contributed by atoms with Gasteiger partial charge in [0.05, 0.1) is 0 Å². The molecule has 0 fully saturated rings. The largest absolute Gasteiger partial charge is 0.337 e. The molecule has 1 amide bonds. The first-order chi connectivity index (χ1) is 8.10. The van der Waals surface area contributed by atoms with Crippen LogP contribution in [0.5, 0.6) is 0 Å². The molecule has 0 heterocycles. The van der Waals surface area contributed by atoms with E-state index in [0.29, 0.717) is 6.54 Å². The van der Waals surface area contributed by atoms with Gasteiger partial charge in [-0.15, -0.1) is 0 Å². The highest BCUT2D eigenvalue weighted by Gasteiger charge is 2.16. The number of nitrogens with zero attached hydrogens (tertiary/aromatic N) is 1. The molecule has 2 N–H and O–H groups in total. The number of benzene rings is 1. The van der Waals surface area contributed by atoms with E-state index in [1.807, 2.05) is 49.9 Å². The Bertz CT molecular complexity index is 374. The Kier molecular flexibility index (Phi) is 5.16. The number of carbonyl (C=O) groups is 1. The monoisotopic (exact) mass is 234 g/mol. The highest BCUT2D eigenvalue weighted by Crippen LogP contribution is 2.11. The third-order valence-electron chi connectivity index (χ3n) is 2.83. The van der Waals surface area contributed by atoms with Gasteiger partial charge in [-0.05, 0) is 51.4 Å². The van der Waals surface area contributed by atoms with E-state index in [2.05, 4.69) is 0 Å². The van der Waals surface area contributed by atoms with Gasteiger partial charge in [0.1, 0.15) is 0 Å². The third kappa shape index (κ3) is 3.56. The molecule has 0 saturated carbocycles. The zero-order valence-electron chi connectivity index (χ0n) is 10.9. The van der Waals surface area contributed by atoms with E-state index in [1.165, 1.54) is 0 Å². The highest BCUT2D eigenvalue weighted by atomic mass is 16.2. The maximum absolute atomic E-state index is 12.3. The van der Waals surface area contributed by atoms with Crippen molar-refractivity contribution in [1.82, 2.24) is 4.90 Å². The lowest BCUT2D eigenvalue weighted by Crippen LogP contribution is -2.36. The van der Waals surface area contributed by atoms with Crippen molar-refractivity contribution in [3.05, 3.63) is 35.4 Å². The standard InChI is InChI=1S/C14H22N2O/c1-4-16(11(2)3)14(17)13-7-5-6-12(10-13)8-9-15/h5-7,10-11H,4,8-9,15H2,1-3H3. The van der Waals surface area contributed by atoms with Gasteiger partial charge in [0.2, 0.25) is 0 Å². The predicted octanol–water partition coefficient (Wildman–Crippen LogP) is 2.06. The molecule has 0 unspecified atom stereocenters. The van der Waals surface area contributed by atoms with E-state index >= 15 is 0 Å². The number of hydrogen-bond donors (Lipinski definition) is 1. The van der Waals surface area contributed by atoms with E-state index in [-0.39, 0.29) is 11.9 Å². The van der Waals surface area contributed by atoms with Crippen LogP contribution < -0.4 is 5.73 Å². The maximum atomic E-state index is 12.3. The number of carbonyl (C=O) groups excluding carboxylic acids is 1. The summed E-state index contributed by atoms with van der Waals surface area (Å²) >= 11 is 0. The Morgan fingerprint density at radius 3 is 2.65 bits per heavy atom. The maximum Gasteiger partial charge on any atom is 0.254 e. The summed E-state index contributed by atoms with van der Waals surface area (Å²) in [6.45, 7) is 7.41.